The molecule has 1 N–H and O–H groups in total. The molecule has 0 saturated carbocycles. The minimum atomic E-state index is -3.54. The summed E-state index contributed by atoms with van der Waals surface area (Å²) >= 11 is 0. The molecule has 0 spiro atoms. The van der Waals surface area contributed by atoms with E-state index < -0.39 is 19.9 Å². The Morgan fingerprint density at radius 3 is 1.01 bits per heavy atom. The van der Waals surface area contributed by atoms with Crippen LogP contribution in [0.1, 0.15) is 112 Å². The number of aliphatic imine (C=N–C) groups is 3. The molecular weight excluding hydrogens is 1350 g/mol. The van der Waals surface area contributed by atoms with Crippen molar-refractivity contribution >= 4 is 71.2 Å². The summed E-state index contributed by atoms with van der Waals surface area (Å²) in [5.74, 6) is -0.0157. The predicted octanol–water partition coefficient (Wildman–Crippen LogP) is 17.0. The summed E-state index contributed by atoms with van der Waals surface area (Å²) in [6, 6.07) is 57.4. The van der Waals surface area contributed by atoms with Gasteiger partial charge in [0, 0.05) is 149 Å². The van der Waals surface area contributed by atoms with Crippen LogP contribution in [0, 0.1) is 28.8 Å². The molecule has 20 heteroatoms. The fourth-order valence-corrected chi connectivity index (χ4v) is 17.2. The molecule has 0 unspecified atom stereocenters. The Labute approximate surface area is 601 Å². The summed E-state index contributed by atoms with van der Waals surface area (Å²) in [7, 11) is -5.43. The first-order valence-corrected chi connectivity index (χ1v) is 38.5. The monoisotopic (exact) mass is 1430 g/mol. The van der Waals surface area contributed by atoms with Crippen molar-refractivity contribution in [1.82, 2.24) is 18.4 Å². The van der Waals surface area contributed by atoms with Crippen LogP contribution < -0.4 is 4.72 Å². The van der Waals surface area contributed by atoms with Crippen molar-refractivity contribution in [2.24, 2.45) is 15.0 Å². The molecule has 0 aliphatic carbocycles. The van der Waals surface area contributed by atoms with Crippen molar-refractivity contribution in [3.63, 3.8) is 0 Å². The lowest BCUT2D eigenvalue weighted by Crippen LogP contribution is -2.18. The van der Waals surface area contributed by atoms with E-state index in [-0.39, 0.29) is 34.2 Å². The maximum atomic E-state index is 13.9. The lowest BCUT2D eigenvalue weighted by atomic mass is 9.89. The maximum Gasteiger partial charge on any atom is 0.240 e. The molecule has 104 heavy (non-hydrogen) atoms. The average molecular weight is 1430 g/mol. The van der Waals surface area contributed by atoms with E-state index >= 15 is 0 Å². The molecule has 0 bridgehead atoms. The highest BCUT2D eigenvalue weighted by molar-refractivity contribution is 7.90. The fraction of sp³-hybridized carbons (Fsp3) is 0.238. The third-order valence-electron chi connectivity index (χ3n) is 20.9. The zero-order chi connectivity index (χ0) is 71.4. The van der Waals surface area contributed by atoms with Gasteiger partial charge in [-0.3, -0.25) is 15.0 Å². The van der Waals surface area contributed by atoms with Crippen molar-refractivity contribution in [1.29, 1.82) is 5.26 Å². The Morgan fingerprint density at radius 2 is 0.721 bits per heavy atom. The van der Waals surface area contributed by atoms with Crippen LogP contribution in [0.5, 0.6) is 0 Å². The zero-order valence-electron chi connectivity index (χ0n) is 57.3. The number of nitrogens with zero attached hydrogens (tertiary/aromatic N) is 7. The number of nitriles is 1. The second-order valence-electron chi connectivity index (χ2n) is 27.2. The molecule has 0 radical (unpaired) electrons. The van der Waals surface area contributed by atoms with Crippen molar-refractivity contribution < 1.29 is 44.2 Å². The molecule has 9 aromatic carbocycles. The van der Waals surface area contributed by atoms with Crippen LogP contribution in [0.3, 0.4) is 0 Å². The largest absolute Gasteiger partial charge is 0.381 e. The Hall–Kier alpha value is -10.4. The normalized spacial score (nSPS) is 16.0. The molecule has 3 fully saturated rings. The smallest absolute Gasteiger partial charge is 0.240 e. The van der Waals surface area contributed by atoms with E-state index in [0.717, 1.165) is 163 Å². The van der Waals surface area contributed by atoms with Gasteiger partial charge in [0.1, 0.15) is 17.5 Å². The molecule has 6 aliphatic rings. The highest BCUT2D eigenvalue weighted by atomic mass is 32.2. The Kier molecular flexibility index (Phi) is 18.6. The molecule has 12 aromatic rings. The van der Waals surface area contributed by atoms with Gasteiger partial charge in [0.25, 0.3) is 0 Å². The quantitative estimate of drug-likeness (QED) is 0.125. The van der Waals surface area contributed by atoms with Crippen molar-refractivity contribution in [2.45, 2.75) is 85.7 Å². The number of hydrogen-bond donors (Lipinski definition) is 1. The number of nitrogens with one attached hydrogen (secondary N) is 1. The molecule has 0 atom stereocenters. The van der Waals surface area contributed by atoms with Gasteiger partial charge < -0.3 is 27.9 Å². The van der Waals surface area contributed by atoms with Gasteiger partial charge in [-0.15, -0.1) is 0 Å². The predicted molar refractivity (Wildman–Crippen MR) is 402 cm³/mol. The van der Waals surface area contributed by atoms with Gasteiger partial charge in [-0.25, -0.2) is 34.7 Å². The van der Waals surface area contributed by atoms with Gasteiger partial charge in [0.15, 0.2) is 9.84 Å². The lowest BCUT2D eigenvalue weighted by Gasteiger charge is -2.26. The van der Waals surface area contributed by atoms with E-state index in [0.29, 0.717) is 62.4 Å². The molecule has 18 rings (SSSR count). The molecule has 15 nitrogen and oxygen atoms in total. The average Bonchev–Trinajstić information content (AvgIpc) is 1.59. The van der Waals surface area contributed by atoms with E-state index in [1.54, 1.807) is 24.3 Å². The molecule has 0 amide bonds. The highest BCUT2D eigenvalue weighted by Crippen LogP contribution is 2.49. The molecule has 524 valence electrons. The van der Waals surface area contributed by atoms with Crippen molar-refractivity contribution in [3.05, 3.63) is 255 Å². The maximum absolute atomic E-state index is 13.9. The number of ether oxygens (including phenoxy) is 3. The molecular formula is C84H73F3N8O7S2. The third-order valence-corrected chi connectivity index (χ3v) is 23.5. The molecule has 9 heterocycles. The number of halogens is 3. The summed E-state index contributed by atoms with van der Waals surface area (Å²) in [5, 5.41) is 12.6. The number of sulfone groups is 1. The molecule has 6 aliphatic heterocycles. The van der Waals surface area contributed by atoms with Gasteiger partial charge in [-0.2, -0.15) is 5.26 Å². The van der Waals surface area contributed by atoms with Crippen LogP contribution in [0.2, 0.25) is 0 Å². The van der Waals surface area contributed by atoms with E-state index in [1.807, 2.05) is 104 Å². The number of sulfonamides is 1. The van der Waals surface area contributed by atoms with E-state index in [9.17, 15) is 35.3 Å². The Bertz CT molecular complexity index is 5690. The first-order chi connectivity index (χ1) is 50.6. The van der Waals surface area contributed by atoms with E-state index in [1.165, 1.54) is 72.1 Å². The molecule has 3 aromatic heterocycles. The second kappa shape index (κ2) is 28.3. The summed E-state index contributed by atoms with van der Waals surface area (Å²) < 4.78 is 117. The first kappa shape index (κ1) is 68.1. The fourth-order valence-electron chi connectivity index (χ4n) is 15.8. The van der Waals surface area contributed by atoms with Gasteiger partial charge >= 0.3 is 0 Å². The minimum Gasteiger partial charge on any atom is -0.381 e. The standard InChI is InChI=1S/C28H26FN3O3S.C28H22FN3O.C28H25FN2O3S/c1-30-36(33,34)24-8-2-18(3-9-24)27-25-14-20-16-31-17-21(20)15-26(25)32(23-6-4-22(29)5-7-23)28(27)19-10-12-35-13-11-19;29-23-5-7-24(8-6-23)32-26-14-22-17-31-16-21(22)13-25(26)27(19-3-1-18(15-30)2-4-19)28(32)20-9-11-33-12-10-20;1-35(32,33)24-8-2-18(3-9-24)27-25-14-20-16-30-17-21(20)15-26(25)31(23-6-4-22(29)5-7-23)28(27)19-10-12-34-13-11-19/h2-9,14-15,17,19,30H,10-13,16H2,1H3;1-8,13-14,17,20H,9-12,16H2;2-9,14-15,17,19H,10-13,16H2,1H3. The van der Waals surface area contributed by atoms with Crippen LogP contribution in [0.25, 0.3) is 83.2 Å². The second-order valence-corrected chi connectivity index (χ2v) is 31.1. The van der Waals surface area contributed by atoms with Gasteiger partial charge in [-0.05, 0) is 241 Å². The third kappa shape index (κ3) is 13.0. The number of hydrogen-bond acceptors (Lipinski definition) is 11. The van der Waals surface area contributed by atoms with Gasteiger partial charge in [-0.1, -0.05) is 36.4 Å². The topological polar surface area (TPSA) is 184 Å². The van der Waals surface area contributed by atoms with Gasteiger partial charge in [0.2, 0.25) is 10.0 Å². The Morgan fingerprint density at radius 1 is 0.423 bits per heavy atom. The summed E-state index contributed by atoms with van der Waals surface area (Å²) in [5.41, 5.74) is 23.2. The summed E-state index contributed by atoms with van der Waals surface area (Å²) in [6.45, 7) is 6.15. The number of fused-ring (bicyclic) bond motifs is 6. The van der Waals surface area contributed by atoms with Crippen LogP contribution in [0.15, 0.2) is 207 Å². The first-order valence-electron chi connectivity index (χ1n) is 35.1. The number of aromatic nitrogens is 3. The van der Waals surface area contributed by atoms with Crippen LogP contribution in [-0.2, 0) is 53.7 Å². The van der Waals surface area contributed by atoms with Crippen LogP contribution >= 0.6 is 0 Å². The van der Waals surface area contributed by atoms with Gasteiger partial charge in [0.05, 0.1) is 57.6 Å². The molecule has 3 saturated heterocycles. The number of rotatable bonds is 12. The van der Waals surface area contributed by atoms with Crippen molar-refractivity contribution in [2.75, 3.05) is 52.9 Å². The zero-order valence-corrected chi connectivity index (χ0v) is 59.0. The van der Waals surface area contributed by atoms with Crippen LogP contribution in [-0.4, -0.2) is 102 Å². The highest BCUT2D eigenvalue weighted by Gasteiger charge is 2.33. The number of benzene rings is 9. The van der Waals surface area contributed by atoms with E-state index in [4.69, 9.17) is 14.2 Å². The summed E-state index contributed by atoms with van der Waals surface area (Å²) in [4.78, 5) is 13.9. The SMILES string of the molecule is CNS(=O)(=O)c1ccc(-c2c(C3CCOCC3)n(-c3ccc(F)cc3)c3cc4c(cc23)CN=C4)cc1.CS(=O)(=O)c1ccc(-c2c(C3CCOCC3)n(-c3ccc(F)cc3)c3cc4c(cc23)CN=C4)cc1.N#Cc1ccc(-c2c(C3CCOCC3)n(-c3ccc(F)cc3)c3cc4c(cc23)CN=C4)cc1. The summed E-state index contributed by atoms with van der Waals surface area (Å²) in [6.07, 6.45) is 12.3. The Balaban J connectivity index is 0.000000120. The van der Waals surface area contributed by atoms with Crippen LogP contribution in [0.4, 0.5) is 13.2 Å². The lowest BCUT2D eigenvalue weighted by molar-refractivity contribution is 0.0843. The van der Waals surface area contributed by atoms with E-state index in [2.05, 4.69) is 75.9 Å². The minimum absolute atomic E-state index is 0.220. The van der Waals surface area contributed by atoms with Crippen molar-refractivity contribution in [3.8, 4) is 56.5 Å².